The van der Waals surface area contributed by atoms with Crippen LogP contribution in [-0.4, -0.2) is 42.5 Å². The summed E-state index contributed by atoms with van der Waals surface area (Å²) in [4.78, 5) is 14.1. The van der Waals surface area contributed by atoms with E-state index in [1.54, 1.807) is 0 Å². The lowest BCUT2D eigenvalue weighted by molar-refractivity contribution is -0.126. The third-order valence-corrected chi connectivity index (χ3v) is 3.58. The molecule has 4 heteroatoms. The highest BCUT2D eigenvalue weighted by Gasteiger charge is 2.36. The van der Waals surface area contributed by atoms with Gasteiger partial charge >= 0.3 is 0 Å². The van der Waals surface area contributed by atoms with Gasteiger partial charge in [0.1, 0.15) is 0 Å². The Morgan fingerprint density at radius 3 is 2.50 bits per heavy atom. The number of nitrogens with zero attached hydrogens (tertiary/aromatic N) is 1. The maximum absolute atomic E-state index is 11.9. The van der Waals surface area contributed by atoms with Crippen LogP contribution in [0.5, 0.6) is 0 Å². The monoisotopic (exact) mass is 227 g/mol. The van der Waals surface area contributed by atoms with Crippen LogP contribution in [0.25, 0.3) is 0 Å². The van der Waals surface area contributed by atoms with E-state index >= 15 is 0 Å². The quantitative estimate of drug-likeness (QED) is 0.727. The van der Waals surface area contributed by atoms with Gasteiger partial charge in [-0.15, -0.1) is 0 Å². The van der Waals surface area contributed by atoms with E-state index in [9.17, 15) is 4.79 Å². The Kier molecular flexibility index (Phi) is 4.74. The van der Waals surface area contributed by atoms with E-state index in [2.05, 4.69) is 31.1 Å². The summed E-state index contributed by atoms with van der Waals surface area (Å²) in [6.45, 7) is 5.85. The Labute approximate surface area is 98.6 Å². The summed E-state index contributed by atoms with van der Waals surface area (Å²) in [7, 11) is 2.06. The second-order valence-electron chi connectivity index (χ2n) is 5.19. The molecule has 1 saturated carbocycles. The first-order valence-electron chi connectivity index (χ1n) is 6.23. The highest BCUT2D eigenvalue weighted by atomic mass is 16.2. The topological polar surface area (TPSA) is 58.4 Å². The number of nitrogens with two attached hydrogens (primary N) is 1. The van der Waals surface area contributed by atoms with E-state index in [4.69, 9.17) is 5.73 Å². The van der Waals surface area contributed by atoms with Crippen LogP contribution < -0.4 is 11.1 Å². The first-order valence-corrected chi connectivity index (χ1v) is 6.23. The molecular formula is C12H25N3O. The first kappa shape index (κ1) is 13.5. The predicted molar refractivity (Wildman–Crippen MR) is 66.2 cm³/mol. The van der Waals surface area contributed by atoms with E-state index < -0.39 is 5.54 Å². The van der Waals surface area contributed by atoms with Crippen molar-refractivity contribution in [3.05, 3.63) is 0 Å². The molecule has 4 nitrogen and oxygen atoms in total. The number of amides is 1. The van der Waals surface area contributed by atoms with Gasteiger partial charge in [0.15, 0.2) is 0 Å². The molecule has 1 fully saturated rings. The van der Waals surface area contributed by atoms with E-state index in [0.717, 1.165) is 32.2 Å². The zero-order valence-electron chi connectivity index (χ0n) is 10.8. The zero-order valence-corrected chi connectivity index (χ0v) is 10.8. The Hall–Kier alpha value is -0.610. The van der Waals surface area contributed by atoms with Crippen LogP contribution in [-0.2, 0) is 4.79 Å². The Morgan fingerprint density at radius 2 is 2.00 bits per heavy atom. The van der Waals surface area contributed by atoms with Gasteiger partial charge in [-0.3, -0.25) is 4.79 Å². The number of hydrogen-bond acceptors (Lipinski definition) is 3. The molecule has 3 N–H and O–H groups in total. The van der Waals surface area contributed by atoms with Gasteiger partial charge in [-0.05, 0) is 33.7 Å². The summed E-state index contributed by atoms with van der Waals surface area (Å²) in [5.41, 5.74) is 5.47. The first-order chi connectivity index (χ1) is 7.46. The summed E-state index contributed by atoms with van der Waals surface area (Å²) in [6, 6.07) is 0.509. The molecule has 16 heavy (non-hydrogen) atoms. The number of hydrogen-bond donors (Lipinski definition) is 2. The van der Waals surface area contributed by atoms with Gasteiger partial charge in [0.2, 0.25) is 5.91 Å². The molecule has 1 amide bonds. The van der Waals surface area contributed by atoms with Crippen LogP contribution in [0.3, 0.4) is 0 Å². The minimum absolute atomic E-state index is 0.0298. The summed E-state index contributed by atoms with van der Waals surface area (Å²) in [5.74, 6) is 0.0298. The lowest BCUT2D eigenvalue weighted by Gasteiger charge is -2.25. The fourth-order valence-corrected chi connectivity index (χ4v) is 2.01. The third kappa shape index (κ3) is 3.46. The van der Waals surface area contributed by atoms with Crippen molar-refractivity contribution in [1.82, 2.24) is 10.2 Å². The number of nitrogens with one attached hydrogen (secondary N) is 1. The lowest BCUT2D eigenvalue weighted by Crippen LogP contribution is -2.53. The van der Waals surface area contributed by atoms with Crippen molar-refractivity contribution in [2.45, 2.75) is 51.1 Å². The predicted octanol–water partition coefficient (Wildman–Crippen LogP) is 0.714. The Balaban J connectivity index is 2.25. The minimum Gasteiger partial charge on any atom is -0.353 e. The Bertz CT molecular complexity index is 234. The van der Waals surface area contributed by atoms with Gasteiger partial charge in [-0.25, -0.2) is 0 Å². The van der Waals surface area contributed by atoms with Crippen LogP contribution in [0.15, 0.2) is 0 Å². The van der Waals surface area contributed by atoms with E-state index in [0.29, 0.717) is 12.6 Å². The molecular weight excluding hydrogens is 202 g/mol. The highest BCUT2D eigenvalue weighted by molar-refractivity contribution is 5.86. The van der Waals surface area contributed by atoms with Gasteiger partial charge < -0.3 is 16.0 Å². The van der Waals surface area contributed by atoms with Crippen LogP contribution in [0.1, 0.15) is 39.5 Å². The smallest absolute Gasteiger partial charge is 0.240 e. The number of carbonyl (C=O) groups excluding carboxylic acids is 1. The van der Waals surface area contributed by atoms with Crippen molar-refractivity contribution in [3.63, 3.8) is 0 Å². The molecule has 1 rings (SSSR count). The van der Waals surface area contributed by atoms with Crippen molar-refractivity contribution in [1.29, 1.82) is 0 Å². The molecule has 0 heterocycles. The summed E-state index contributed by atoms with van der Waals surface area (Å²) >= 11 is 0. The van der Waals surface area contributed by atoms with Gasteiger partial charge in [-0.1, -0.05) is 12.8 Å². The molecule has 0 saturated heterocycles. The largest absolute Gasteiger partial charge is 0.353 e. The molecule has 0 aromatic heterocycles. The molecule has 0 spiro atoms. The lowest BCUT2D eigenvalue weighted by atomic mass is 9.98. The third-order valence-electron chi connectivity index (χ3n) is 3.58. The van der Waals surface area contributed by atoms with Crippen molar-refractivity contribution >= 4 is 5.91 Å². The Morgan fingerprint density at radius 1 is 1.44 bits per heavy atom. The molecule has 0 bridgehead atoms. The summed E-state index contributed by atoms with van der Waals surface area (Å²) < 4.78 is 0. The second-order valence-corrected chi connectivity index (χ2v) is 5.19. The molecule has 0 atom stereocenters. The van der Waals surface area contributed by atoms with Crippen molar-refractivity contribution in [3.8, 4) is 0 Å². The van der Waals surface area contributed by atoms with E-state index in [1.165, 1.54) is 0 Å². The van der Waals surface area contributed by atoms with Crippen molar-refractivity contribution in [2.75, 3.05) is 20.1 Å². The molecule has 0 aromatic rings. The maximum atomic E-state index is 11.9. The molecule has 94 valence electrons. The van der Waals surface area contributed by atoms with Crippen LogP contribution >= 0.6 is 0 Å². The van der Waals surface area contributed by atoms with Crippen LogP contribution in [0.2, 0.25) is 0 Å². The van der Waals surface area contributed by atoms with Crippen molar-refractivity contribution in [2.24, 2.45) is 5.73 Å². The fourth-order valence-electron chi connectivity index (χ4n) is 2.01. The van der Waals surface area contributed by atoms with Crippen LogP contribution in [0, 0.1) is 0 Å². The zero-order chi connectivity index (χ0) is 12.2. The number of rotatable bonds is 5. The molecule has 0 radical (unpaired) electrons. The maximum Gasteiger partial charge on any atom is 0.240 e. The molecule has 0 unspecified atom stereocenters. The molecule has 0 aromatic carbocycles. The number of carbonyl (C=O) groups is 1. The van der Waals surface area contributed by atoms with Crippen molar-refractivity contribution < 1.29 is 4.79 Å². The average Bonchev–Trinajstić information content (AvgIpc) is 2.66. The van der Waals surface area contributed by atoms with Gasteiger partial charge in [0, 0.05) is 19.1 Å². The molecule has 1 aliphatic carbocycles. The SMILES string of the molecule is CC(C)N(C)CCNC(=O)C1(N)CCCC1. The van der Waals surface area contributed by atoms with E-state index in [1.807, 2.05) is 0 Å². The second kappa shape index (κ2) is 5.64. The molecule has 0 aliphatic heterocycles. The van der Waals surface area contributed by atoms with Crippen LogP contribution in [0.4, 0.5) is 0 Å². The average molecular weight is 227 g/mol. The summed E-state index contributed by atoms with van der Waals surface area (Å²) in [6.07, 6.45) is 3.82. The standard InChI is InChI=1S/C12H25N3O/c1-10(2)15(3)9-8-14-11(16)12(13)6-4-5-7-12/h10H,4-9,13H2,1-3H3,(H,14,16). The minimum atomic E-state index is -0.587. The summed E-state index contributed by atoms with van der Waals surface area (Å²) in [5, 5.41) is 2.95. The normalized spacial score (nSPS) is 19.4. The van der Waals surface area contributed by atoms with Gasteiger partial charge in [0.25, 0.3) is 0 Å². The van der Waals surface area contributed by atoms with E-state index in [-0.39, 0.29) is 5.91 Å². The number of likely N-dealkylation sites (N-methyl/N-ethyl adjacent to an activating group) is 1. The fraction of sp³-hybridized carbons (Fsp3) is 0.917. The van der Waals surface area contributed by atoms with Gasteiger partial charge in [0.05, 0.1) is 5.54 Å². The molecule has 1 aliphatic rings. The van der Waals surface area contributed by atoms with Gasteiger partial charge in [-0.2, -0.15) is 0 Å². The highest BCUT2D eigenvalue weighted by Crippen LogP contribution is 2.26.